The third-order valence-corrected chi connectivity index (χ3v) is 5.14. The van der Waals surface area contributed by atoms with Crippen molar-refractivity contribution in [3.05, 3.63) is 89.7 Å². The minimum Gasteiger partial charge on any atom is -0.493 e. The second-order valence-electron chi connectivity index (χ2n) is 7.23. The summed E-state index contributed by atoms with van der Waals surface area (Å²) in [4.78, 5) is 19.0. The van der Waals surface area contributed by atoms with E-state index in [2.05, 4.69) is 10.3 Å². The number of carbonyl (C=O) groups excluding carboxylic acids is 1. The van der Waals surface area contributed by atoms with Crippen LogP contribution < -0.4 is 14.8 Å². The third kappa shape index (κ3) is 6.06. The van der Waals surface area contributed by atoms with Crippen molar-refractivity contribution in [1.82, 2.24) is 15.2 Å². The Morgan fingerprint density at radius 1 is 1.03 bits per heavy atom. The molecule has 0 aliphatic rings. The summed E-state index contributed by atoms with van der Waals surface area (Å²) in [6, 6.07) is 19.0. The Balaban J connectivity index is 1.65. The van der Waals surface area contributed by atoms with Gasteiger partial charge >= 0.3 is 0 Å². The summed E-state index contributed by atoms with van der Waals surface area (Å²) in [5.74, 6) is 1.25. The van der Waals surface area contributed by atoms with Crippen molar-refractivity contribution in [2.45, 2.75) is 26.1 Å². The molecule has 1 heterocycles. The van der Waals surface area contributed by atoms with E-state index >= 15 is 0 Å². The van der Waals surface area contributed by atoms with Crippen LogP contribution in [0.4, 0.5) is 0 Å². The van der Waals surface area contributed by atoms with Crippen LogP contribution in [0.1, 0.15) is 29.7 Å². The summed E-state index contributed by atoms with van der Waals surface area (Å²) in [5.41, 5.74) is 2.94. The number of nitrogens with zero attached hydrogens (tertiary/aromatic N) is 2. The van der Waals surface area contributed by atoms with Gasteiger partial charge in [0.15, 0.2) is 11.5 Å². The molecule has 0 saturated heterocycles. The van der Waals surface area contributed by atoms with Gasteiger partial charge in [0.05, 0.1) is 7.11 Å². The molecule has 162 valence electrons. The number of nitrogens with one attached hydrogen (secondary N) is 1. The fraction of sp³-hybridized carbons (Fsp3) is 0.280. The predicted molar refractivity (Wildman–Crippen MR) is 121 cm³/mol. The van der Waals surface area contributed by atoms with E-state index in [1.54, 1.807) is 19.5 Å². The number of aromatic nitrogens is 1. The van der Waals surface area contributed by atoms with Crippen LogP contribution >= 0.6 is 0 Å². The van der Waals surface area contributed by atoms with E-state index in [1.165, 1.54) is 0 Å². The maximum Gasteiger partial charge on any atom is 0.242 e. The molecule has 0 aliphatic heterocycles. The zero-order valence-electron chi connectivity index (χ0n) is 18.2. The average molecular weight is 420 g/mol. The molecule has 3 aromatic rings. The van der Waals surface area contributed by atoms with Crippen LogP contribution in [0.3, 0.4) is 0 Å². The number of pyridine rings is 1. The molecule has 0 fully saturated rings. The Hall–Kier alpha value is -3.38. The van der Waals surface area contributed by atoms with Gasteiger partial charge in [0, 0.05) is 18.9 Å². The molecule has 1 aromatic heterocycles. The fourth-order valence-corrected chi connectivity index (χ4v) is 3.29. The average Bonchev–Trinajstić information content (AvgIpc) is 2.83. The number of hydrogen-bond acceptors (Lipinski definition) is 5. The van der Waals surface area contributed by atoms with Gasteiger partial charge in [-0.05, 0) is 54.5 Å². The molecule has 6 heteroatoms. The zero-order valence-corrected chi connectivity index (χ0v) is 18.2. The second-order valence-corrected chi connectivity index (χ2v) is 7.23. The largest absolute Gasteiger partial charge is 0.493 e. The number of amides is 1. The minimum absolute atomic E-state index is 0.0347. The Morgan fingerprint density at radius 3 is 2.45 bits per heavy atom. The highest BCUT2D eigenvalue weighted by Crippen LogP contribution is 2.29. The smallest absolute Gasteiger partial charge is 0.242 e. The Morgan fingerprint density at radius 2 is 1.77 bits per heavy atom. The van der Waals surface area contributed by atoms with Gasteiger partial charge in [0.2, 0.25) is 5.91 Å². The summed E-state index contributed by atoms with van der Waals surface area (Å²) in [5, 5.41) is 3.06. The Bertz CT molecular complexity index is 964. The summed E-state index contributed by atoms with van der Waals surface area (Å²) in [6.45, 7) is 3.64. The summed E-state index contributed by atoms with van der Waals surface area (Å²) < 4.78 is 11.4. The lowest BCUT2D eigenvalue weighted by Gasteiger charge is -2.26. The molecular weight excluding hydrogens is 390 g/mol. The molecule has 2 aromatic carbocycles. The molecule has 0 radical (unpaired) electrons. The van der Waals surface area contributed by atoms with Crippen molar-refractivity contribution in [2.75, 3.05) is 20.7 Å². The number of benzene rings is 2. The monoisotopic (exact) mass is 419 g/mol. The summed E-state index contributed by atoms with van der Waals surface area (Å²) in [6.07, 6.45) is 3.47. The number of hydrogen-bond donors (Lipinski definition) is 1. The van der Waals surface area contributed by atoms with E-state index in [9.17, 15) is 4.79 Å². The van der Waals surface area contributed by atoms with E-state index in [4.69, 9.17) is 9.47 Å². The first kappa shape index (κ1) is 22.3. The van der Waals surface area contributed by atoms with Gasteiger partial charge in [-0.1, -0.05) is 43.3 Å². The molecule has 1 N–H and O–H groups in total. The van der Waals surface area contributed by atoms with Crippen molar-refractivity contribution >= 4 is 5.91 Å². The van der Waals surface area contributed by atoms with Crippen LogP contribution in [0.2, 0.25) is 0 Å². The van der Waals surface area contributed by atoms with Gasteiger partial charge in [0.1, 0.15) is 12.6 Å². The van der Waals surface area contributed by atoms with E-state index in [-0.39, 0.29) is 11.9 Å². The highest BCUT2D eigenvalue weighted by atomic mass is 16.5. The molecular formula is C25H29N3O3. The van der Waals surface area contributed by atoms with Crippen LogP contribution in [0.5, 0.6) is 11.5 Å². The van der Waals surface area contributed by atoms with Gasteiger partial charge in [0.25, 0.3) is 0 Å². The summed E-state index contributed by atoms with van der Waals surface area (Å²) in [7, 11) is 3.56. The maximum atomic E-state index is 13.0. The highest BCUT2D eigenvalue weighted by Gasteiger charge is 2.23. The van der Waals surface area contributed by atoms with E-state index in [0.717, 1.165) is 23.2 Å². The van der Waals surface area contributed by atoms with E-state index in [1.807, 2.05) is 79.5 Å². The molecule has 1 amide bonds. The standard InChI is InChI=1S/C25H29N3O3/c1-4-28(2)24(21-8-6-5-7-9-21)25(29)27-17-20-10-11-22(23(16-20)30-3)31-18-19-12-14-26-15-13-19/h5-16,24H,4,17-18H2,1-3H3,(H,27,29). The fourth-order valence-electron chi connectivity index (χ4n) is 3.29. The van der Waals surface area contributed by atoms with Crippen LogP contribution in [-0.2, 0) is 17.9 Å². The first-order valence-corrected chi connectivity index (χ1v) is 10.3. The molecule has 3 rings (SSSR count). The molecule has 0 bridgehead atoms. The number of carbonyl (C=O) groups is 1. The Kier molecular flexibility index (Phi) is 8.01. The van der Waals surface area contributed by atoms with Crippen molar-refractivity contribution in [3.63, 3.8) is 0 Å². The Labute approximate surface area is 183 Å². The van der Waals surface area contributed by atoms with Gasteiger partial charge in [-0.2, -0.15) is 0 Å². The molecule has 0 aliphatic carbocycles. The first-order chi connectivity index (χ1) is 15.1. The van der Waals surface area contributed by atoms with E-state index < -0.39 is 0 Å². The molecule has 1 unspecified atom stereocenters. The molecule has 1 atom stereocenters. The SMILES string of the molecule is CCN(C)C(C(=O)NCc1ccc(OCc2ccncc2)c(OC)c1)c1ccccc1. The lowest BCUT2D eigenvalue weighted by Crippen LogP contribution is -2.38. The second kappa shape index (κ2) is 11.1. The minimum atomic E-state index is -0.337. The lowest BCUT2D eigenvalue weighted by atomic mass is 10.0. The number of methoxy groups -OCH3 is 1. The number of rotatable bonds is 10. The molecule has 31 heavy (non-hydrogen) atoms. The zero-order chi connectivity index (χ0) is 22.1. The van der Waals surface area contributed by atoms with Crippen molar-refractivity contribution in [2.24, 2.45) is 0 Å². The van der Waals surface area contributed by atoms with Crippen molar-refractivity contribution < 1.29 is 14.3 Å². The molecule has 0 spiro atoms. The third-order valence-electron chi connectivity index (χ3n) is 5.14. The van der Waals surface area contributed by atoms with Crippen LogP contribution in [0, 0.1) is 0 Å². The highest BCUT2D eigenvalue weighted by molar-refractivity contribution is 5.83. The number of ether oxygens (including phenoxy) is 2. The van der Waals surface area contributed by atoms with Crippen LogP contribution in [-0.4, -0.2) is 36.5 Å². The van der Waals surface area contributed by atoms with Gasteiger partial charge < -0.3 is 14.8 Å². The summed E-state index contributed by atoms with van der Waals surface area (Å²) >= 11 is 0. The first-order valence-electron chi connectivity index (χ1n) is 10.3. The normalized spacial score (nSPS) is 11.7. The molecule has 6 nitrogen and oxygen atoms in total. The van der Waals surface area contributed by atoms with Crippen molar-refractivity contribution in [1.29, 1.82) is 0 Å². The van der Waals surface area contributed by atoms with Gasteiger partial charge in [-0.3, -0.25) is 14.7 Å². The lowest BCUT2D eigenvalue weighted by molar-refractivity contribution is -0.126. The van der Waals surface area contributed by atoms with Crippen LogP contribution in [0.15, 0.2) is 73.1 Å². The van der Waals surface area contributed by atoms with Gasteiger partial charge in [-0.25, -0.2) is 0 Å². The number of likely N-dealkylation sites (N-methyl/N-ethyl adjacent to an activating group) is 1. The van der Waals surface area contributed by atoms with Gasteiger partial charge in [-0.15, -0.1) is 0 Å². The maximum absolute atomic E-state index is 13.0. The quantitative estimate of drug-likeness (QED) is 0.539. The predicted octanol–water partition coefficient (Wildman–Crippen LogP) is 3.98. The molecule has 0 saturated carbocycles. The van der Waals surface area contributed by atoms with Crippen LogP contribution in [0.25, 0.3) is 0 Å². The van der Waals surface area contributed by atoms with E-state index in [0.29, 0.717) is 24.7 Å². The van der Waals surface area contributed by atoms with Crippen molar-refractivity contribution in [3.8, 4) is 11.5 Å². The topological polar surface area (TPSA) is 63.7 Å².